The van der Waals surface area contributed by atoms with Gasteiger partial charge < -0.3 is 9.64 Å². The fourth-order valence-corrected chi connectivity index (χ4v) is 4.71. The Bertz CT molecular complexity index is 1130. The van der Waals surface area contributed by atoms with Gasteiger partial charge in [0, 0.05) is 24.8 Å². The maximum atomic E-state index is 13.0. The molecule has 6 nitrogen and oxygen atoms in total. The van der Waals surface area contributed by atoms with E-state index in [4.69, 9.17) is 4.74 Å². The third-order valence-electron chi connectivity index (χ3n) is 4.96. The molecule has 2 heterocycles. The van der Waals surface area contributed by atoms with Gasteiger partial charge in [0.25, 0.3) is 10.0 Å². The summed E-state index contributed by atoms with van der Waals surface area (Å²) >= 11 is 0. The highest BCUT2D eigenvalue weighted by atomic mass is 32.2. The zero-order valence-electron chi connectivity index (χ0n) is 16.4. The number of fused-ring (bicyclic) bond motifs is 1. The molecule has 1 aliphatic heterocycles. The standard InChI is InChI=1S/C22H23N3O3S/c1-3-28-21-11-10-18(13-16(21)2)29(26,27)24-20-8-6-7-17-14-25(15-19(17)20)22-9-4-5-12-23-22/h4-13,24H,3,14-15H2,1-2H3. The summed E-state index contributed by atoms with van der Waals surface area (Å²) in [6.45, 7) is 5.58. The van der Waals surface area contributed by atoms with Crippen molar-refractivity contribution in [2.45, 2.75) is 31.8 Å². The number of sulfonamides is 1. The van der Waals surface area contributed by atoms with Crippen molar-refractivity contribution in [2.75, 3.05) is 16.2 Å². The van der Waals surface area contributed by atoms with Crippen molar-refractivity contribution < 1.29 is 13.2 Å². The largest absolute Gasteiger partial charge is 0.494 e. The van der Waals surface area contributed by atoms with Gasteiger partial charge in [0.05, 0.1) is 17.2 Å². The summed E-state index contributed by atoms with van der Waals surface area (Å²) in [6, 6.07) is 16.4. The average Bonchev–Trinajstić information content (AvgIpc) is 3.15. The van der Waals surface area contributed by atoms with E-state index in [1.807, 2.05) is 44.2 Å². The number of hydrogen-bond donors (Lipinski definition) is 1. The fourth-order valence-electron chi connectivity index (χ4n) is 3.53. The van der Waals surface area contributed by atoms with Crippen LogP contribution in [0.3, 0.4) is 0 Å². The third kappa shape index (κ3) is 3.91. The summed E-state index contributed by atoms with van der Waals surface area (Å²) < 4.78 is 34.3. The van der Waals surface area contributed by atoms with E-state index in [0.29, 0.717) is 31.1 Å². The lowest BCUT2D eigenvalue weighted by Gasteiger charge is -2.16. The smallest absolute Gasteiger partial charge is 0.261 e. The molecule has 1 N–H and O–H groups in total. The number of nitrogens with zero attached hydrogens (tertiary/aromatic N) is 2. The molecule has 4 rings (SSSR count). The lowest BCUT2D eigenvalue weighted by molar-refractivity contribution is 0.337. The molecule has 3 aromatic rings. The number of hydrogen-bond acceptors (Lipinski definition) is 5. The molecule has 0 unspecified atom stereocenters. The topological polar surface area (TPSA) is 71.5 Å². The number of ether oxygens (including phenoxy) is 1. The van der Waals surface area contributed by atoms with Crippen LogP contribution in [0.15, 0.2) is 65.7 Å². The second kappa shape index (κ2) is 7.75. The Morgan fingerprint density at radius 1 is 1.10 bits per heavy atom. The van der Waals surface area contributed by atoms with E-state index in [1.165, 1.54) is 0 Å². The minimum atomic E-state index is -3.71. The molecule has 2 aromatic carbocycles. The molecule has 0 radical (unpaired) electrons. The van der Waals surface area contributed by atoms with Crippen molar-refractivity contribution >= 4 is 21.5 Å². The lowest BCUT2D eigenvalue weighted by Crippen LogP contribution is -2.17. The number of aryl methyl sites for hydroxylation is 1. The zero-order chi connectivity index (χ0) is 20.4. The van der Waals surface area contributed by atoms with Crippen LogP contribution in [0.5, 0.6) is 5.75 Å². The molecule has 1 aliphatic rings. The summed E-state index contributed by atoms with van der Waals surface area (Å²) in [7, 11) is -3.71. The van der Waals surface area contributed by atoms with Crippen LogP contribution >= 0.6 is 0 Å². The molecule has 150 valence electrons. The summed E-state index contributed by atoms with van der Waals surface area (Å²) in [5.41, 5.74) is 3.46. The van der Waals surface area contributed by atoms with Gasteiger partial charge in [-0.15, -0.1) is 0 Å². The van der Waals surface area contributed by atoms with Crippen LogP contribution < -0.4 is 14.4 Å². The lowest BCUT2D eigenvalue weighted by atomic mass is 10.1. The van der Waals surface area contributed by atoms with Crippen molar-refractivity contribution in [2.24, 2.45) is 0 Å². The molecule has 0 amide bonds. The summed E-state index contributed by atoms with van der Waals surface area (Å²) in [5.74, 6) is 1.57. The molecule has 0 spiro atoms. The minimum Gasteiger partial charge on any atom is -0.494 e. The highest BCUT2D eigenvalue weighted by Crippen LogP contribution is 2.33. The normalized spacial score (nSPS) is 13.2. The van der Waals surface area contributed by atoms with Crippen molar-refractivity contribution in [3.8, 4) is 5.75 Å². The molecule has 0 bridgehead atoms. The van der Waals surface area contributed by atoms with Gasteiger partial charge in [-0.05, 0) is 61.4 Å². The van der Waals surface area contributed by atoms with Crippen LogP contribution in [0.2, 0.25) is 0 Å². The highest BCUT2D eigenvalue weighted by Gasteiger charge is 2.25. The number of benzene rings is 2. The van der Waals surface area contributed by atoms with Gasteiger partial charge in [0.15, 0.2) is 0 Å². The second-order valence-corrected chi connectivity index (χ2v) is 8.64. The fraction of sp³-hybridized carbons (Fsp3) is 0.227. The van der Waals surface area contributed by atoms with E-state index in [9.17, 15) is 8.42 Å². The first-order valence-corrected chi connectivity index (χ1v) is 11.0. The quantitative estimate of drug-likeness (QED) is 0.663. The first-order chi connectivity index (χ1) is 14.0. The first kappa shape index (κ1) is 19.3. The summed E-state index contributed by atoms with van der Waals surface area (Å²) in [5, 5.41) is 0. The number of rotatable bonds is 6. The Hall–Kier alpha value is -3.06. The monoisotopic (exact) mass is 409 g/mol. The first-order valence-electron chi connectivity index (χ1n) is 9.51. The van der Waals surface area contributed by atoms with Gasteiger partial charge >= 0.3 is 0 Å². The molecule has 0 fully saturated rings. The Kier molecular flexibility index (Phi) is 5.15. The van der Waals surface area contributed by atoms with Crippen LogP contribution in [0, 0.1) is 6.92 Å². The van der Waals surface area contributed by atoms with Crippen LogP contribution in [-0.2, 0) is 23.1 Å². The molecule has 0 atom stereocenters. The van der Waals surface area contributed by atoms with Crippen molar-refractivity contribution in [3.63, 3.8) is 0 Å². The number of pyridine rings is 1. The van der Waals surface area contributed by atoms with Gasteiger partial charge in [-0.3, -0.25) is 4.72 Å². The van der Waals surface area contributed by atoms with E-state index in [0.717, 1.165) is 22.5 Å². The predicted octanol–water partition coefficient (Wildman–Crippen LogP) is 4.11. The van der Waals surface area contributed by atoms with Gasteiger partial charge in [-0.25, -0.2) is 13.4 Å². The number of anilines is 2. The molecule has 1 aromatic heterocycles. The molecule has 29 heavy (non-hydrogen) atoms. The number of aromatic nitrogens is 1. The van der Waals surface area contributed by atoms with Crippen molar-refractivity contribution in [1.82, 2.24) is 4.98 Å². The Balaban J connectivity index is 1.60. The van der Waals surface area contributed by atoms with Gasteiger partial charge in [0.2, 0.25) is 0 Å². The molecule has 7 heteroatoms. The molecule has 0 saturated heterocycles. The SMILES string of the molecule is CCOc1ccc(S(=O)(=O)Nc2cccc3c2CN(c2ccccn2)C3)cc1C. The molecule has 0 aliphatic carbocycles. The Labute approximate surface area is 171 Å². The average molecular weight is 410 g/mol. The Morgan fingerprint density at radius 3 is 2.69 bits per heavy atom. The second-order valence-electron chi connectivity index (χ2n) is 6.95. The maximum absolute atomic E-state index is 13.0. The summed E-state index contributed by atoms with van der Waals surface area (Å²) in [6.07, 6.45) is 1.76. The van der Waals surface area contributed by atoms with Crippen LogP contribution in [0.25, 0.3) is 0 Å². The number of nitrogens with one attached hydrogen (secondary N) is 1. The predicted molar refractivity (Wildman–Crippen MR) is 114 cm³/mol. The molecule has 0 saturated carbocycles. The van der Waals surface area contributed by atoms with E-state index >= 15 is 0 Å². The molecular formula is C22H23N3O3S. The molecular weight excluding hydrogens is 386 g/mol. The third-order valence-corrected chi connectivity index (χ3v) is 6.32. The van der Waals surface area contributed by atoms with Crippen molar-refractivity contribution in [3.05, 3.63) is 77.5 Å². The van der Waals surface area contributed by atoms with E-state index in [-0.39, 0.29) is 4.90 Å². The van der Waals surface area contributed by atoms with E-state index < -0.39 is 10.0 Å². The van der Waals surface area contributed by atoms with Crippen molar-refractivity contribution in [1.29, 1.82) is 0 Å². The minimum absolute atomic E-state index is 0.218. The Morgan fingerprint density at radius 2 is 1.97 bits per heavy atom. The highest BCUT2D eigenvalue weighted by molar-refractivity contribution is 7.92. The van der Waals surface area contributed by atoms with E-state index in [1.54, 1.807) is 30.5 Å². The zero-order valence-corrected chi connectivity index (χ0v) is 17.2. The van der Waals surface area contributed by atoms with Crippen LogP contribution in [0.4, 0.5) is 11.5 Å². The van der Waals surface area contributed by atoms with Gasteiger partial charge in [0.1, 0.15) is 11.6 Å². The van der Waals surface area contributed by atoms with Crippen LogP contribution in [-0.4, -0.2) is 20.0 Å². The van der Waals surface area contributed by atoms with E-state index in [2.05, 4.69) is 14.6 Å². The van der Waals surface area contributed by atoms with Crippen LogP contribution in [0.1, 0.15) is 23.6 Å². The van der Waals surface area contributed by atoms with Gasteiger partial charge in [-0.1, -0.05) is 18.2 Å². The van der Waals surface area contributed by atoms with Gasteiger partial charge in [-0.2, -0.15) is 0 Å². The summed E-state index contributed by atoms with van der Waals surface area (Å²) in [4.78, 5) is 6.75. The maximum Gasteiger partial charge on any atom is 0.261 e.